The van der Waals surface area contributed by atoms with E-state index in [1.165, 1.54) is 19.0 Å². The van der Waals surface area contributed by atoms with Crippen molar-refractivity contribution in [3.05, 3.63) is 34.1 Å². The molecule has 0 unspecified atom stereocenters. The second-order valence-electron chi connectivity index (χ2n) is 3.24. The molecule has 6 nitrogen and oxygen atoms in total. The Hall–Kier alpha value is -2.18. The van der Waals surface area contributed by atoms with Gasteiger partial charge < -0.3 is 10.2 Å². The lowest BCUT2D eigenvalue weighted by atomic mass is 10.2. The lowest BCUT2D eigenvalue weighted by Gasteiger charge is -2.11. The van der Waals surface area contributed by atoms with Gasteiger partial charge in [-0.1, -0.05) is 0 Å². The maximum Gasteiger partial charge on any atom is 0.321 e. The van der Waals surface area contributed by atoms with E-state index in [1.54, 1.807) is 0 Å². The first-order valence-corrected chi connectivity index (χ1v) is 4.34. The molecular formula is C9H10FN3O3. The van der Waals surface area contributed by atoms with E-state index < -0.39 is 16.8 Å². The number of hydrogen-bond donors (Lipinski definition) is 1. The number of rotatable bonds is 2. The average molecular weight is 227 g/mol. The van der Waals surface area contributed by atoms with E-state index in [2.05, 4.69) is 5.32 Å². The topological polar surface area (TPSA) is 75.5 Å². The molecule has 0 saturated carbocycles. The Labute approximate surface area is 90.8 Å². The van der Waals surface area contributed by atoms with Crippen molar-refractivity contribution in [2.45, 2.75) is 0 Å². The van der Waals surface area contributed by atoms with Gasteiger partial charge in [-0.05, 0) is 6.07 Å². The van der Waals surface area contributed by atoms with Crippen LogP contribution in [0.4, 0.5) is 20.6 Å². The number of nitrogens with one attached hydrogen (secondary N) is 1. The largest absolute Gasteiger partial charge is 0.331 e. The van der Waals surface area contributed by atoms with Gasteiger partial charge in [-0.2, -0.15) is 0 Å². The molecule has 0 heterocycles. The standard InChI is InChI=1S/C9H10FN3O3/c1-12(2)9(14)11-7-5-6(10)3-4-8(7)13(15)16/h3-5H,1-2H3,(H,11,14). The summed E-state index contributed by atoms with van der Waals surface area (Å²) in [5.41, 5.74) is -0.514. The Morgan fingerprint density at radius 2 is 2.12 bits per heavy atom. The second-order valence-corrected chi connectivity index (χ2v) is 3.24. The van der Waals surface area contributed by atoms with Gasteiger partial charge in [-0.15, -0.1) is 0 Å². The van der Waals surface area contributed by atoms with Crippen molar-refractivity contribution < 1.29 is 14.1 Å². The molecule has 0 fully saturated rings. The fourth-order valence-corrected chi connectivity index (χ4v) is 0.995. The van der Waals surface area contributed by atoms with Gasteiger partial charge in [0.05, 0.1) is 4.92 Å². The predicted molar refractivity (Wildman–Crippen MR) is 55.8 cm³/mol. The van der Waals surface area contributed by atoms with Crippen LogP contribution in [0.2, 0.25) is 0 Å². The van der Waals surface area contributed by atoms with Gasteiger partial charge in [0.15, 0.2) is 0 Å². The Bertz CT molecular complexity index is 434. The van der Waals surface area contributed by atoms with Crippen molar-refractivity contribution in [1.29, 1.82) is 0 Å². The SMILES string of the molecule is CN(C)C(=O)Nc1cc(F)ccc1[N+](=O)[O-]. The smallest absolute Gasteiger partial charge is 0.321 e. The van der Waals surface area contributed by atoms with Crippen LogP contribution in [0.1, 0.15) is 0 Å². The molecule has 1 rings (SSSR count). The molecule has 0 aliphatic heterocycles. The summed E-state index contributed by atoms with van der Waals surface area (Å²) < 4.78 is 12.9. The first-order chi connectivity index (χ1) is 7.41. The Morgan fingerprint density at radius 3 is 2.62 bits per heavy atom. The van der Waals surface area contributed by atoms with Crippen LogP contribution < -0.4 is 5.32 Å². The fourth-order valence-electron chi connectivity index (χ4n) is 0.995. The molecule has 7 heteroatoms. The number of amides is 2. The number of benzene rings is 1. The third-order valence-electron chi connectivity index (χ3n) is 1.80. The molecule has 1 aromatic carbocycles. The minimum atomic E-state index is -0.690. The molecule has 0 saturated heterocycles. The third kappa shape index (κ3) is 2.66. The summed E-state index contributed by atoms with van der Waals surface area (Å²) in [6.07, 6.45) is 0. The Kier molecular flexibility index (Phi) is 3.39. The van der Waals surface area contributed by atoms with Crippen molar-refractivity contribution in [3.63, 3.8) is 0 Å². The molecule has 0 aliphatic carbocycles. The van der Waals surface area contributed by atoms with E-state index >= 15 is 0 Å². The molecular weight excluding hydrogens is 217 g/mol. The quantitative estimate of drug-likeness (QED) is 0.618. The summed E-state index contributed by atoms with van der Waals surface area (Å²) in [7, 11) is 2.95. The zero-order valence-electron chi connectivity index (χ0n) is 8.73. The molecule has 0 radical (unpaired) electrons. The molecule has 0 atom stereocenters. The van der Waals surface area contributed by atoms with Crippen LogP contribution in [0.3, 0.4) is 0 Å². The van der Waals surface area contributed by atoms with Gasteiger partial charge in [0.25, 0.3) is 5.69 Å². The van der Waals surface area contributed by atoms with Crippen molar-refractivity contribution >= 4 is 17.4 Å². The predicted octanol–water partition coefficient (Wildman–Crippen LogP) is 1.83. The van der Waals surface area contributed by atoms with Crippen molar-refractivity contribution in [1.82, 2.24) is 4.90 Å². The summed E-state index contributed by atoms with van der Waals surface area (Å²) >= 11 is 0. The van der Waals surface area contributed by atoms with Crippen LogP contribution in [-0.4, -0.2) is 29.9 Å². The lowest BCUT2D eigenvalue weighted by molar-refractivity contribution is -0.384. The molecule has 1 aromatic rings. The molecule has 0 aliphatic rings. The van der Waals surface area contributed by atoms with Crippen LogP contribution in [0, 0.1) is 15.9 Å². The molecule has 1 N–H and O–H groups in total. The van der Waals surface area contributed by atoms with Gasteiger partial charge in [0.2, 0.25) is 0 Å². The van der Waals surface area contributed by atoms with E-state index in [4.69, 9.17) is 0 Å². The number of nitrogens with zero attached hydrogens (tertiary/aromatic N) is 2. The fraction of sp³-hybridized carbons (Fsp3) is 0.222. The maximum atomic E-state index is 12.9. The zero-order valence-corrected chi connectivity index (χ0v) is 8.73. The average Bonchev–Trinajstić information content (AvgIpc) is 2.16. The number of halogens is 1. The second kappa shape index (κ2) is 4.56. The summed E-state index contributed by atoms with van der Waals surface area (Å²) in [5.74, 6) is -0.653. The summed E-state index contributed by atoms with van der Waals surface area (Å²) in [6.45, 7) is 0. The van der Waals surface area contributed by atoms with Gasteiger partial charge in [-0.25, -0.2) is 9.18 Å². The first-order valence-electron chi connectivity index (χ1n) is 4.34. The first kappa shape index (κ1) is 11.9. The molecule has 16 heavy (non-hydrogen) atoms. The maximum absolute atomic E-state index is 12.9. The third-order valence-corrected chi connectivity index (χ3v) is 1.80. The number of nitro groups is 1. The van der Waals surface area contributed by atoms with Crippen LogP contribution in [-0.2, 0) is 0 Å². The van der Waals surface area contributed by atoms with E-state index in [9.17, 15) is 19.3 Å². The van der Waals surface area contributed by atoms with E-state index in [-0.39, 0.29) is 11.4 Å². The minimum absolute atomic E-state index is 0.163. The van der Waals surface area contributed by atoms with E-state index in [1.807, 2.05) is 0 Å². The van der Waals surface area contributed by atoms with E-state index in [0.717, 1.165) is 18.2 Å². The van der Waals surface area contributed by atoms with Gasteiger partial charge >= 0.3 is 6.03 Å². The summed E-state index contributed by atoms with van der Waals surface area (Å²) in [5, 5.41) is 12.8. The number of carbonyl (C=O) groups is 1. The van der Waals surface area contributed by atoms with Crippen LogP contribution in [0.5, 0.6) is 0 Å². The van der Waals surface area contributed by atoms with Crippen molar-refractivity contribution in [2.75, 3.05) is 19.4 Å². The minimum Gasteiger partial charge on any atom is -0.331 e. The Balaban J connectivity index is 3.06. The highest BCUT2D eigenvalue weighted by Gasteiger charge is 2.17. The Morgan fingerprint density at radius 1 is 1.50 bits per heavy atom. The number of anilines is 1. The highest BCUT2D eigenvalue weighted by atomic mass is 19.1. The van der Waals surface area contributed by atoms with Gasteiger partial charge in [0, 0.05) is 26.2 Å². The van der Waals surface area contributed by atoms with E-state index in [0.29, 0.717) is 0 Å². The molecule has 0 aromatic heterocycles. The molecule has 0 bridgehead atoms. The summed E-state index contributed by atoms with van der Waals surface area (Å²) in [4.78, 5) is 22.4. The van der Waals surface area contributed by atoms with Crippen LogP contribution in [0.15, 0.2) is 18.2 Å². The van der Waals surface area contributed by atoms with Crippen molar-refractivity contribution in [2.24, 2.45) is 0 Å². The highest BCUT2D eigenvalue weighted by Crippen LogP contribution is 2.24. The number of hydrogen-bond acceptors (Lipinski definition) is 3. The molecule has 86 valence electrons. The molecule has 2 amide bonds. The number of nitro benzene ring substituents is 1. The van der Waals surface area contributed by atoms with Crippen LogP contribution >= 0.6 is 0 Å². The summed E-state index contributed by atoms with van der Waals surface area (Å²) in [6, 6.07) is 2.30. The van der Waals surface area contributed by atoms with Crippen LogP contribution in [0.25, 0.3) is 0 Å². The van der Waals surface area contributed by atoms with Gasteiger partial charge in [0.1, 0.15) is 11.5 Å². The lowest BCUT2D eigenvalue weighted by Crippen LogP contribution is -2.27. The van der Waals surface area contributed by atoms with Crippen molar-refractivity contribution in [3.8, 4) is 0 Å². The zero-order chi connectivity index (χ0) is 12.3. The molecule has 0 spiro atoms. The highest BCUT2D eigenvalue weighted by molar-refractivity contribution is 5.91. The van der Waals surface area contributed by atoms with Gasteiger partial charge in [-0.3, -0.25) is 10.1 Å². The number of urea groups is 1. The monoisotopic (exact) mass is 227 g/mol. The number of carbonyl (C=O) groups excluding carboxylic acids is 1. The normalized spacial score (nSPS) is 9.69.